The van der Waals surface area contributed by atoms with Crippen LogP contribution in [0.15, 0.2) is 35.3 Å². The zero-order valence-corrected chi connectivity index (χ0v) is 17.2. The van der Waals surface area contributed by atoms with Gasteiger partial charge in [-0.15, -0.1) is 24.0 Å². The average Bonchev–Trinajstić information content (AvgIpc) is 2.97. The van der Waals surface area contributed by atoms with Crippen molar-refractivity contribution >= 4 is 29.9 Å². The summed E-state index contributed by atoms with van der Waals surface area (Å²) in [7, 11) is 0. The lowest BCUT2D eigenvalue weighted by molar-refractivity contribution is 0.136. The van der Waals surface area contributed by atoms with Crippen molar-refractivity contribution in [3.8, 4) is 0 Å². The van der Waals surface area contributed by atoms with Gasteiger partial charge in [-0.05, 0) is 45.1 Å². The molecule has 0 saturated heterocycles. The summed E-state index contributed by atoms with van der Waals surface area (Å²) in [6.45, 7) is 5.84. The summed E-state index contributed by atoms with van der Waals surface area (Å²) >= 11 is 0. The third-order valence-corrected chi connectivity index (χ3v) is 4.54. The molecule has 1 fully saturated rings. The van der Waals surface area contributed by atoms with Gasteiger partial charge in [0.25, 0.3) is 0 Å². The molecule has 0 amide bonds. The van der Waals surface area contributed by atoms with E-state index < -0.39 is 0 Å². The summed E-state index contributed by atoms with van der Waals surface area (Å²) in [6.07, 6.45) is 5.11. The molecule has 3 atom stereocenters. The molecule has 3 unspecified atom stereocenters. The number of nitrogens with zero attached hydrogens (tertiary/aromatic N) is 1. The van der Waals surface area contributed by atoms with E-state index in [4.69, 9.17) is 0 Å². The Labute approximate surface area is 163 Å². The van der Waals surface area contributed by atoms with E-state index in [-0.39, 0.29) is 30.1 Å². The molecule has 136 valence electrons. The van der Waals surface area contributed by atoms with Crippen LogP contribution in [-0.2, 0) is 6.42 Å². The van der Waals surface area contributed by atoms with Crippen LogP contribution in [0.5, 0.6) is 0 Å². The van der Waals surface area contributed by atoms with Crippen molar-refractivity contribution in [2.75, 3.05) is 13.1 Å². The molecule has 0 radical (unpaired) electrons. The molecule has 1 aliphatic rings. The second-order valence-corrected chi connectivity index (χ2v) is 6.55. The summed E-state index contributed by atoms with van der Waals surface area (Å²) < 4.78 is 0. The standard InChI is InChI=1S/C19H31N3O.HI/c1-3-20-19(21-14-17-10-7-11-18(17)23)22-15(2)12-13-16-8-5-4-6-9-16;/h4-6,8-9,15,17-18,23H,3,7,10-14H2,1-2H3,(H2,20,21,22);1H. The Morgan fingerprint density at radius 1 is 1.29 bits per heavy atom. The van der Waals surface area contributed by atoms with E-state index in [9.17, 15) is 5.11 Å². The van der Waals surface area contributed by atoms with Gasteiger partial charge in [0, 0.05) is 25.0 Å². The Kier molecular flexibility index (Phi) is 10.3. The van der Waals surface area contributed by atoms with Gasteiger partial charge >= 0.3 is 0 Å². The van der Waals surface area contributed by atoms with E-state index >= 15 is 0 Å². The molecule has 1 saturated carbocycles. The Morgan fingerprint density at radius 3 is 2.67 bits per heavy atom. The first kappa shape index (κ1) is 21.2. The number of aliphatic imine (C=N–C) groups is 1. The van der Waals surface area contributed by atoms with E-state index in [1.54, 1.807) is 0 Å². The summed E-state index contributed by atoms with van der Waals surface area (Å²) in [4.78, 5) is 4.68. The van der Waals surface area contributed by atoms with Gasteiger partial charge in [0.2, 0.25) is 0 Å². The third kappa shape index (κ3) is 7.38. The Bertz CT molecular complexity index is 481. The molecule has 1 aliphatic carbocycles. The van der Waals surface area contributed by atoms with Crippen molar-refractivity contribution in [3.05, 3.63) is 35.9 Å². The van der Waals surface area contributed by atoms with Crippen molar-refractivity contribution in [2.24, 2.45) is 10.9 Å². The highest BCUT2D eigenvalue weighted by Gasteiger charge is 2.24. The van der Waals surface area contributed by atoms with Crippen LogP contribution in [0.2, 0.25) is 0 Å². The topological polar surface area (TPSA) is 56.7 Å². The summed E-state index contributed by atoms with van der Waals surface area (Å²) in [5.74, 6) is 1.19. The summed E-state index contributed by atoms with van der Waals surface area (Å²) in [5, 5.41) is 16.7. The smallest absolute Gasteiger partial charge is 0.191 e. The fraction of sp³-hybridized carbons (Fsp3) is 0.632. The minimum atomic E-state index is -0.169. The number of nitrogens with one attached hydrogen (secondary N) is 2. The fourth-order valence-corrected chi connectivity index (χ4v) is 3.09. The Balaban J connectivity index is 0.00000288. The molecule has 0 bridgehead atoms. The predicted octanol–water partition coefficient (Wildman–Crippen LogP) is 3.34. The van der Waals surface area contributed by atoms with Crippen LogP contribution in [-0.4, -0.2) is 36.3 Å². The average molecular weight is 445 g/mol. The van der Waals surface area contributed by atoms with Crippen LogP contribution in [0, 0.1) is 5.92 Å². The quantitative estimate of drug-likeness (QED) is 0.343. The normalized spacial score (nSPS) is 21.9. The van der Waals surface area contributed by atoms with Gasteiger partial charge in [0.05, 0.1) is 6.10 Å². The fourth-order valence-electron chi connectivity index (χ4n) is 3.09. The maximum absolute atomic E-state index is 9.91. The van der Waals surface area contributed by atoms with Crippen molar-refractivity contribution < 1.29 is 5.11 Å². The highest BCUT2D eigenvalue weighted by molar-refractivity contribution is 14.0. The zero-order valence-electron chi connectivity index (χ0n) is 14.9. The molecule has 0 spiro atoms. The largest absolute Gasteiger partial charge is 0.393 e. The molecule has 24 heavy (non-hydrogen) atoms. The number of hydrogen-bond acceptors (Lipinski definition) is 2. The van der Waals surface area contributed by atoms with Gasteiger partial charge in [0.15, 0.2) is 5.96 Å². The molecular weight excluding hydrogens is 413 g/mol. The van der Waals surface area contributed by atoms with Crippen LogP contribution in [0.25, 0.3) is 0 Å². The number of aliphatic hydroxyl groups excluding tert-OH is 1. The van der Waals surface area contributed by atoms with E-state index in [1.165, 1.54) is 5.56 Å². The Hall–Kier alpha value is -0.820. The highest BCUT2D eigenvalue weighted by atomic mass is 127. The lowest BCUT2D eigenvalue weighted by atomic mass is 10.1. The lowest BCUT2D eigenvalue weighted by Crippen LogP contribution is -2.42. The SMILES string of the molecule is CCNC(=NCC1CCCC1O)NC(C)CCc1ccccc1.I. The van der Waals surface area contributed by atoms with Gasteiger partial charge in [-0.25, -0.2) is 0 Å². The van der Waals surface area contributed by atoms with Crippen LogP contribution in [0.3, 0.4) is 0 Å². The lowest BCUT2D eigenvalue weighted by Gasteiger charge is -2.19. The third-order valence-electron chi connectivity index (χ3n) is 4.54. The molecule has 2 rings (SSSR count). The van der Waals surface area contributed by atoms with E-state index in [2.05, 4.69) is 59.8 Å². The number of benzene rings is 1. The number of aryl methyl sites for hydroxylation is 1. The minimum absolute atomic E-state index is 0. The number of halogens is 1. The molecule has 0 aliphatic heterocycles. The number of hydrogen-bond donors (Lipinski definition) is 3. The van der Waals surface area contributed by atoms with E-state index in [1.807, 2.05) is 0 Å². The predicted molar refractivity (Wildman–Crippen MR) is 112 cm³/mol. The summed E-state index contributed by atoms with van der Waals surface area (Å²) in [5.41, 5.74) is 1.37. The molecule has 0 aromatic heterocycles. The first-order valence-electron chi connectivity index (χ1n) is 8.96. The van der Waals surface area contributed by atoms with Crippen molar-refractivity contribution in [1.29, 1.82) is 0 Å². The number of rotatable bonds is 7. The van der Waals surface area contributed by atoms with Gasteiger partial charge < -0.3 is 15.7 Å². The Morgan fingerprint density at radius 2 is 2.04 bits per heavy atom. The first-order valence-corrected chi connectivity index (χ1v) is 8.96. The molecule has 1 aromatic rings. The second kappa shape index (κ2) is 11.7. The molecule has 3 N–H and O–H groups in total. The van der Waals surface area contributed by atoms with E-state index in [0.717, 1.165) is 44.6 Å². The van der Waals surface area contributed by atoms with Crippen LogP contribution >= 0.6 is 24.0 Å². The van der Waals surface area contributed by atoms with Crippen LogP contribution in [0.4, 0.5) is 0 Å². The maximum atomic E-state index is 9.91. The van der Waals surface area contributed by atoms with Gasteiger partial charge in [0.1, 0.15) is 0 Å². The second-order valence-electron chi connectivity index (χ2n) is 6.55. The van der Waals surface area contributed by atoms with Crippen LogP contribution < -0.4 is 10.6 Å². The molecule has 1 aromatic carbocycles. The monoisotopic (exact) mass is 445 g/mol. The van der Waals surface area contributed by atoms with Crippen molar-refractivity contribution in [1.82, 2.24) is 10.6 Å². The highest BCUT2D eigenvalue weighted by Crippen LogP contribution is 2.25. The molecule has 0 heterocycles. The van der Waals surface area contributed by atoms with Crippen LogP contribution in [0.1, 0.15) is 45.1 Å². The van der Waals surface area contributed by atoms with Crippen molar-refractivity contribution in [2.45, 2.75) is 58.1 Å². The van der Waals surface area contributed by atoms with Gasteiger partial charge in [-0.1, -0.05) is 36.8 Å². The number of aliphatic hydroxyl groups is 1. The molecule has 4 nitrogen and oxygen atoms in total. The first-order chi connectivity index (χ1) is 11.2. The minimum Gasteiger partial charge on any atom is -0.393 e. The maximum Gasteiger partial charge on any atom is 0.191 e. The zero-order chi connectivity index (χ0) is 16.5. The van der Waals surface area contributed by atoms with E-state index in [0.29, 0.717) is 18.5 Å². The number of guanidine groups is 1. The van der Waals surface area contributed by atoms with Gasteiger partial charge in [-0.3, -0.25) is 4.99 Å². The van der Waals surface area contributed by atoms with Gasteiger partial charge in [-0.2, -0.15) is 0 Å². The molecule has 5 heteroatoms. The summed E-state index contributed by atoms with van der Waals surface area (Å²) in [6, 6.07) is 10.9. The van der Waals surface area contributed by atoms with Crippen molar-refractivity contribution in [3.63, 3.8) is 0 Å². The molecular formula is C19H32IN3O.